The highest BCUT2D eigenvalue weighted by Gasteiger charge is 2.19. The summed E-state index contributed by atoms with van der Waals surface area (Å²) in [7, 11) is 0. The van der Waals surface area contributed by atoms with E-state index in [2.05, 4.69) is 5.32 Å². The maximum absolute atomic E-state index is 12.8. The van der Waals surface area contributed by atoms with Crippen molar-refractivity contribution in [3.8, 4) is 5.75 Å². The van der Waals surface area contributed by atoms with Crippen molar-refractivity contribution in [1.82, 2.24) is 0 Å². The Morgan fingerprint density at radius 1 is 0.562 bits per heavy atom. The van der Waals surface area contributed by atoms with Gasteiger partial charge in [0, 0.05) is 22.4 Å². The molecule has 0 spiro atoms. The summed E-state index contributed by atoms with van der Waals surface area (Å²) < 4.78 is 5.47. The molecule has 4 aromatic carbocycles. The molecule has 0 radical (unpaired) electrons. The average Bonchev–Trinajstić information content (AvgIpc) is 2.86. The average molecular weight is 421 g/mol. The van der Waals surface area contributed by atoms with E-state index in [4.69, 9.17) is 4.74 Å². The number of carbonyl (C=O) groups excluding carboxylic acids is 3. The van der Waals surface area contributed by atoms with Gasteiger partial charge in [-0.3, -0.25) is 9.59 Å². The van der Waals surface area contributed by atoms with Gasteiger partial charge in [0.2, 0.25) is 0 Å². The predicted molar refractivity (Wildman–Crippen MR) is 122 cm³/mol. The van der Waals surface area contributed by atoms with Crippen LogP contribution in [0.4, 0.5) is 5.69 Å². The Bertz CT molecular complexity index is 1250. The van der Waals surface area contributed by atoms with Crippen LogP contribution in [-0.4, -0.2) is 17.7 Å². The molecule has 4 rings (SSSR count). The smallest absolute Gasteiger partial charge is 0.344 e. The number of esters is 1. The lowest BCUT2D eigenvalue weighted by Gasteiger charge is -2.10. The van der Waals surface area contributed by atoms with Crippen molar-refractivity contribution in [3.63, 3.8) is 0 Å². The predicted octanol–water partition coefficient (Wildman–Crippen LogP) is 5.39. The standard InChI is InChI=1S/C27H19NO4/c29-25(19-9-3-1-4-10-19)23-13-7-8-14-24(23)27(31)32-22-17-15-21(16-18-22)28-26(30)20-11-5-2-6-12-20/h1-18H,(H,28,30). The highest BCUT2D eigenvalue weighted by molar-refractivity contribution is 6.14. The SMILES string of the molecule is O=C(Nc1ccc(OC(=O)c2ccccc2C(=O)c2ccccc2)cc1)c1ccccc1. The van der Waals surface area contributed by atoms with Crippen LogP contribution in [0.2, 0.25) is 0 Å². The van der Waals surface area contributed by atoms with E-state index < -0.39 is 5.97 Å². The zero-order chi connectivity index (χ0) is 22.3. The lowest BCUT2D eigenvalue weighted by atomic mass is 9.98. The Balaban J connectivity index is 1.47. The number of ketones is 1. The Morgan fingerprint density at radius 3 is 1.72 bits per heavy atom. The summed E-state index contributed by atoms with van der Waals surface area (Å²) >= 11 is 0. The molecule has 0 unspecified atom stereocenters. The highest BCUT2D eigenvalue weighted by atomic mass is 16.5. The van der Waals surface area contributed by atoms with Gasteiger partial charge in [-0.2, -0.15) is 0 Å². The summed E-state index contributed by atoms with van der Waals surface area (Å²) in [6.07, 6.45) is 0. The van der Waals surface area contributed by atoms with Gasteiger partial charge in [0.25, 0.3) is 5.91 Å². The van der Waals surface area contributed by atoms with Crippen LogP contribution in [0.5, 0.6) is 5.75 Å². The van der Waals surface area contributed by atoms with Gasteiger partial charge in [0.1, 0.15) is 5.75 Å². The first-order valence-electron chi connectivity index (χ1n) is 9.99. The fourth-order valence-corrected chi connectivity index (χ4v) is 3.17. The van der Waals surface area contributed by atoms with Crippen LogP contribution < -0.4 is 10.1 Å². The maximum Gasteiger partial charge on any atom is 0.344 e. The maximum atomic E-state index is 12.8. The minimum absolute atomic E-state index is 0.183. The van der Waals surface area contributed by atoms with E-state index in [1.54, 1.807) is 97.1 Å². The molecular formula is C27H19NO4. The molecule has 0 saturated heterocycles. The zero-order valence-corrected chi connectivity index (χ0v) is 17.0. The van der Waals surface area contributed by atoms with Crippen LogP contribution in [0.25, 0.3) is 0 Å². The molecular weight excluding hydrogens is 402 g/mol. The molecule has 0 fully saturated rings. The van der Waals surface area contributed by atoms with Crippen molar-refractivity contribution in [3.05, 3.63) is 131 Å². The minimum Gasteiger partial charge on any atom is -0.423 e. The van der Waals surface area contributed by atoms with Crippen LogP contribution in [0, 0.1) is 0 Å². The molecule has 5 nitrogen and oxygen atoms in total. The van der Waals surface area contributed by atoms with Crippen LogP contribution in [0.1, 0.15) is 36.6 Å². The van der Waals surface area contributed by atoms with Crippen molar-refractivity contribution in [2.45, 2.75) is 0 Å². The number of ether oxygens (including phenoxy) is 1. The second kappa shape index (κ2) is 9.53. The molecule has 5 heteroatoms. The monoisotopic (exact) mass is 421 g/mol. The number of benzene rings is 4. The fourth-order valence-electron chi connectivity index (χ4n) is 3.17. The molecule has 0 aliphatic rings. The molecule has 0 atom stereocenters. The normalized spacial score (nSPS) is 10.2. The Hall–Kier alpha value is -4.51. The number of amides is 1. The van der Waals surface area contributed by atoms with Crippen molar-refractivity contribution in [1.29, 1.82) is 0 Å². The molecule has 1 N–H and O–H groups in total. The molecule has 156 valence electrons. The van der Waals surface area contributed by atoms with E-state index in [0.717, 1.165) is 0 Å². The second-order valence-corrected chi connectivity index (χ2v) is 6.97. The Labute approximate surface area is 185 Å². The second-order valence-electron chi connectivity index (χ2n) is 6.97. The van der Waals surface area contributed by atoms with Gasteiger partial charge in [0.05, 0.1) is 5.56 Å². The van der Waals surface area contributed by atoms with Gasteiger partial charge in [0.15, 0.2) is 5.78 Å². The van der Waals surface area contributed by atoms with E-state index in [9.17, 15) is 14.4 Å². The lowest BCUT2D eigenvalue weighted by Crippen LogP contribution is -2.15. The number of hydrogen-bond acceptors (Lipinski definition) is 4. The molecule has 4 aromatic rings. The largest absolute Gasteiger partial charge is 0.423 e. The zero-order valence-electron chi connectivity index (χ0n) is 17.0. The number of rotatable bonds is 6. The third kappa shape index (κ3) is 4.79. The molecule has 0 aliphatic heterocycles. The van der Waals surface area contributed by atoms with Gasteiger partial charge >= 0.3 is 5.97 Å². The van der Waals surface area contributed by atoms with Crippen LogP contribution in [0.3, 0.4) is 0 Å². The van der Waals surface area contributed by atoms with Gasteiger partial charge in [-0.05, 0) is 42.5 Å². The summed E-state index contributed by atoms with van der Waals surface area (Å²) in [4.78, 5) is 37.9. The first kappa shape index (κ1) is 20.8. The number of carbonyl (C=O) groups is 3. The highest BCUT2D eigenvalue weighted by Crippen LogP contribution is 2.20. The van der Waals surface area contributed by atoms with Crippen LogP contribution in [0.15, 0.2) is 109 Å². The van der Waals surface area contributed by atoms with Crippen molar-refractivity contribution < 1.29 is 19.1 Å². The van der Waals surface area contributed by atoms with Gasteiger partial charge in [-0.15, -0.1) is 0 Å². The molecule has 0 heterocycles. The number of anilines is 1. The first-order valence-corrected chi connectivity index (χ1v) is 9.99. The minimum atomic E-state index is -0.633. The van der Waals surface area contributed by atoms with Crippen LogP contribution in [-0.2, 0) is 0 Å². The number of hydrogen-bond donors (Lipinski definition) is 1. The molecule has 0 aromatic heterocycles. The number of nitrogens with one attached hydrogen (secondary N) is 1. The summed E-state index contributed by atoms with van der Waals surface area (Å²) in [5.74, 6) is -0.818. The lowest BCUT2D eigenvalue weighted by molar-refractivity contribution is 0.0730. The molecule has 0 aliphatic carbocycles. The fraction of sp³-hybridized carbons (Fsp3) is 0. The third-order valence-corrected chi connectivity index (χ3v) is 4.79. The van der Waals surface area contributed by atoms with Crippen LogP contribution >= 0.6 is 0 Å². The van der Waals surface area contributed by atoms with Crippen molar-refractivity contribution in [2.75, 3.05) is 5.32 Å². The van der Waals surface area contributed by atoms with Crippen molar-refractivity contribution >= 4 is 23.3 Å². The van der Waals surface area contributed by atoms with E-state index in [0.29, 0.717) is 22.6 Å². The molecule has 0 bridgehead atoms. The quantitative estimate of drug-likeness (QED) is 0.257. The molecule has 32 heavy (non-hydrogen) atoms. The topological polar surface area (TPSA) is 72.5 Å². The van der Waals surface area contributed by atoms with E-state index in [1.807, 2.05) is 12.1 Å². The molecule has 0 saturated carbocycles. The first-order chi connectivity index (χ1) is 15.6. The Kier molecular flexibility index (Phi) is 6.18. The summed E-state index contributed by atoms with van der Waals surface area (Å²) in [6.45, 7) is 0. The summed E-state index contributed by atoms with van der Waals surface area (Å²) in [5, 5.41) is 2.79. The van der Waals surface area contributed by atoms with E-state index in [1.165, 1.54) is 0 Å². The van der Waals surface area contributed by atoms with E-state index in [-0.39, 0.29) is 22.8 Å². The third-order valence-electron chi connectivity index (χ3n) is 4.79. The summed E-state index contributed by atoms with van der Waals surface area (Å²) in [5.41, 5.74) is 2.06. The Morgan fingerprint density at radius 2 is 1.09 bits per heavy atom. The van der Waals surface area contributed by atoms with Crippen molar-refractivity contribution in [2.24, 2.45) is 0 Å². The van der Waals surface area contributed by atoms with Gasteiger partial charge < -0.3 is 10.1 Å². The van der Waals surface area contributed by atoms with E-state index >= 15 is 0 Å². The van der Waals surface area contributed by atoms with Gasteiger partial charge in [-0.25, -0.2) is 4.79 Å². The summed E-state index contributed by atoms with van der Waals surface area (Å²) in [6, 6.07) is 30.6. The van der Waals surface area contributed by atoms with Gasteiger partial charge in [-0.1, -0.05) is 66.7 Å². The molecule has 1 amide bonds.